The number of rotatable bonds is 3. The molecule has 0 aliphatic rings. The van der Waals surface area contributed by atoms with Crippen LogP contribution in [-0.4, -0.2) is 16.3 Å². The quantitative estimate of drug-likeness (QED) is 0.860. The summed E-state index contributed by atoms with van der Waals surface area (Å²) in [5.41, 5.74) is 2.23. The molecule has 0 saturated carbocycles. The number of nitrogens with one attached hydrogen (secondary N) is 1. The summed E-state index contributed by atoms with van der Waals surface area (Å²) in [4.78, 5) is 16.7. The number of carbonyl (C=O) groups is 1. The van der Waals surface area contributed by atoms with Crippen LogP contribution in [0.5, 0.6) is 0 Å². The van der Waals surface area contributed by atoms with Gasteiger partial charge in [-0.1, -0.05) is 30.3 Å². The van der Waals surface area contributed by atoms with E-state index in [-0.39, 0.29) is 11.3 Å². The maximum Gasteiger partial charge on any atom is 0.194 e. The molecule has 1 heterocycles. The van der Waals surface area contributed by atoms with Gasteiger partial charge in [-0.25, -0.2) is 4.98 Å². The number of aryl methyl sites for hydroxylation is 1. The molecule has 0 fully saturated rings. The number of benzene rings is 1. The van der Waals surface area contributed by atoms with Gasteiger partial charge in [0.1, 0.15) is 5.82 Å². The number of pyridine rings is 1. The van der Waals surface area contributed by atoms with Gasteiger partial charge in [0.15, 0.2) is 5.78 Å². The molecule has 0 unspecified atom stereocenters. The van der Waals surface area contributed by atoms with Crippen LogP contribution in [0.25, 0.3) is 0 Å². The van der Waals surface area contributed by atoms with E-state index in [9.17, 15) is 4.79 Å². The number of aromatic nitrogens is 1. The second-order valence-corrected chi connectivity index (χ2v) is 5.96. The third-order valence-electron chi connectivity index (χ3n) is 2.87. The van der Waals surface area contributed by atoms with Gasteiger partial charge in [0, 0.05) is 22.9 Å². The minimum Gasteiger partial charge on any atom is -0.365 e. The number of hydrogen-bond acceptors (Lipinski definition) is 3. The topological polar surface area (TPSA) is 42.0 Å². The van der Waals surface area contributed by atoms with Crippen LogP contribution in [0.3, 0.4) is 0 Å². The normalized spacial score (nSPS) is 11.2. The summed E-state index contributed by atoms with van der Waals surface area (Å²) in [7, 11) is 0. The SMILES string of the molecule is Cc1cc(C(=O)c2ccccc2)cnc1NC(C)(C)C. The molecule has 3 heteroatoms. The minimum atomic E-state index is -0.0529. The molecule has 0 aliphatic carbocycles. The molecule has 0 spiro atoms. The van der Waals surface area contributed by atoms with Crippen molar-refractivity contribution in [3.63, 3.8) is 0 Å². The van der Waals surface area contributed by atoms with Gasteiger partial charge >= 0.3 is 0 Å². The van der Waals surface area contributed by atoms with Crippen LogP contribution >= 0.6 is 0 Å². The standard InChI is InChI=1S/C17H20N2O/c1-12-10-14(11-18-16(12)19-17(2,3)4)15(20)13-8-6-5-7-9-13/h5-11H,1-4H3,(H,18,19). The predicted octanol–water partition coefficient (Wildman–Crippen LogP) is 3.83. The average Bonchev–Trinajstić information content (AvgIpc) is 2.40. The molecule has 0 radical (unpaired) electrons. The molecule has 0 bridgehead atoms. The highest BCUT2D eigenvalue weighted by atomic mass is 16.1. The molecule has 1 aromatic heterocycles. The Balaban J connectivity index is 2.28. The van der Waals surface area contributed by atoms with Crippen LogP contribution in [0.4, 0.5) is 5.82 Å². The summed E-state index contributed by atoms with van der Waals surface area (Å²) >= 11 is 0. The fourth-order valence-electron chi connectivity index (χ4n) is 1.94. The van der Waals surface area contributed by atoms with E-state index in [1.807, 2.05) is 43.3 Å². The number of nitrogens with zero attached hydrogens (tertiary/aromatic N) is 1. The molecule has 1 N–H and O–H groups in total. The summed E-state index contributed by atoms with van der Waals surface area (Å²) in [5.74, 6) is 0.825. The van der Waals surface area contributed by atoms with E-state index in [1.165, 1.54) is 0 Å². The molecule has 2 rings (SSSR count). The van der Waals surface area contributed by atoms with Gasteiger partial charge in [0.2, 0.25) is 0 Å². The zero-order valence-electron chi connectivity index (χ0n) is 12.4. The maximum atomic E-state index is 12.3. The molecular formula is C17H20N2O. The van der Waals surface area contributed by atoms with Gasteiger partial charge in [0.25, 0.3) is 0 Å². The second kappa shape index (κ2) is 5.45. The van der Waals surface area contributed by atoms with Crippen molar-refractivity contribution in [1.29, 1.82) is 0 Å². The summed E-state index contributed by atoms with van der Waals surface area (Å²) in [6.45, 7) is 8.20. The van der Waals surface area contributed by atoms with Gasteiger partial charge in [0.05, 0.1) is 0 Å². The van der Waals surface area contributed by atoms with Gasteiger partial charge in [-0.3, -0.25) is 4.79 Å². The molecule has 0 aliphatic heterocycles. The van der Waals surface area contributed by atoms with E-state index in [1.54, 1.807) is 6.20 Å². The zero-order chi connectivity index (χ0) is 14.8. The van der Waals surface area contributed by atoms with Crippen molar-refractivity contribution >= 4 is 11.6 Å². The first-order valence-corrected chi connectivity index (χ1v) is 6.71. The number of ketones is 1. The van der Waals surface area contributed by atoms with Crippen molar-refractivity contribution in [3.05, 3.63) is 59.3 Å². The molecule has 104 valence electrons. The highest BCUT2D eigenvalue weighted by Gasteiger charge is 2.14. The van der Waals surface area contributed by atoms with Crippen molar-refractivity contribution in [2.45, 2.75) is 33.2 Å². The highest BCUT2D eigenvalue weighted by Crippen LogP contribution is 2.19. The van der Waals surface area contributed by atoms with Crippen molar-refractivity contribution in [2.75, 3.05) is 5.32 Å². The van der Waals surface area contributed by atoms with Crippen LogP contribution in [0.15, 0.2) is 42.6 Å². The Morgan fingerprint density at radius 2 is 1.75 bits per heavy atom. The first-order chi connectivity index (χ1) is 9.37. The first-order valence-electron chi connectivity index (χ1n) is 6.71. The first kappa shape index (κ1) is 14.3. The Morgan fingerprint density at radius 3 is 2.30 bits per heavy atom. The van der Waals surface area contributed by atoms with Crippen molar-refractivity contribution in [1.82, 2.24) is 4.98 Å². The van der Waals surface area contributed by atoms with Gasteiger partial charge in [-0.15, -0.1) is 0 Å². The van der Waals surface area contributed by atoms with Crippen LogP contribution in [0.1, 0.15) is 42.3 Å². The van der Waals surface area contributed by atoms with E-state index in [0.29, 0.717) is 11.1 Å². The maximum absolute atomic E-state index is 12.3. The smallest absolute Gasteiger partial charge is 0.194 e. The van der Waals surface area contributed by atoms with E-state index in [2.05, 4.69) is 31.1 Å². The lowest BCUT2D eigenvalue weighted by atomic mass is 10.0. The molecule has 1 aromatic carbocycles. The third-order valence-corrected chi connectivity index (χ3v) is 2.87. The van der Waals surface area contributed by atoms with Crippen LogP contribution in [0, 0.1) is 6.92 Å². The lowest BCUT2D eigenvalue weighted by molar-refractivity contribution is 0.103. The molecule has 0 amide bonds. The minimum absolute atomic E-state index is 0.00325. The van der Waals surface area contributed by atoms with Crippen LogP contribution in [0.2, 0.25) is 0 Å². The third kappa shape index (κ3) is 3.44. The molecular weight excluding hydrogens is 248 g/mol. The Morgan fingerprint density at radius 1 is 1.10 bits per heavy atom. The van der Waals surface area contributed by atoms with Gasteiger partial charge in [-0.2, -0.15) is 0 Å². The number of hydrogen-bond donors (Lipinski definition) is 1. The lowest BCUT2D eigenvalue weighted by Crippen LogP contribution is -2.27. The van der Waals surface area contributed by atoms with E-state index >= 15 is 0 Å². The monoisotopic (exact) mass is 268 g/mol. The van der Waals surface area contributed by atoms with Gasteiger partial charge in [-0.05, 0) is 39.3 Å². The van der Waals surface area contributed by atoms with Crippen molar-refractivity contribution in [3.8, 4) is 0 Å². The molecule has 2 aromatic rings. The Hall–Kier alpha value is -2.16. The number of carbonyl (C=O) groups excluding carboxylic acids is 1. The molecule has 3 nitrogen and oxygen atoms in total. The second-order valence-electron chi connectivity index (χ2n) is 5.96. The zero-order valence-corrected chi connectivity index (χ0v) is 12.4. The summed E-state index contributed by atoms with van der Waals surface area (Å²) < 4.78 is 0. The Labute approximate surface area is 120 Å². The molecule has 20 heavy (non-hydrogen) atoms. The largest absolute Gasteiger partial charge is 0.365 e. The summed E-state index contributed by atoms with van der Waals surface area (Å²) in [6, 6.07) is 11.1. The van der Waals surface area contributed by atoms with Crippen LogP contribution < -0.4 is 5.32 Å². The van der Waals surface area contributed by atoms with E-state index in [0.717, 1.165) is 11.4 Å². The molecule has 0 saturated heterocycles. The summed E-state index contributed by atoms with van der Waals surface area (Å²) in [5, 5.41) is 3.33. The highest BCUT2D eigenvalue weighted by molar-refractivity contribution is 6.09. The van der Waals surface area contributed by atoms with E-state index in [4.69, 9.17) is 0 Å². The van der Waals surface area contributed by atoms with Crippen molar-refractivity contribution in [2.24, 2.45) is 0 Å². The van der Waals surface area contributed by atoms with Gasteiger partial charge < -0.3 is 5.32 Å². The summed E-state index contributed by atoms with van der Waals surface area (Å²) in [6.07, 6.45) is 1.64. The van der Waals surface area contributed by atoms with E-state index < -0.39 is 0 Å². The Kier molecular flexibility index (Phi) is 3.89. The van der Waals surface area contributed by atoms with Crippen molar-refractivity contribution < 1.29 is 4.79 Å². The predicted molar refractivity (Wildman–Crippen MR) is 82.2 cm³/mol. The fraction of sp³-hybridized carbons (Fsp3) is 0.294. The van der Waals surface area contributed by atoms with Crippen LogP contribution in [-0.2, 0) is 0 Å². The Bertz CT molecular complexity index is 613. The fourth-order valence-corrected chi connectivity index (χ4v) is 1.94. The molecule has 0 atom stereocenters. The lowest BCUT2D eigenvalue weighted by Gasteiger charge is -2.22. The number of anilines is 1. The average molecular weight is 268 g/mol.